The van der Waals surface area contributed by atoms with Gasteiger partial charge in [0.1, 0.15) is 11.9 Å². The number of aliphatic hydroxyl groups is 1. The van der Waals surface area contributed by atoms with Crippen LogP contribution in [0.25, 0.3) is 0 Å². The van der Waals surface area contributed by atoms with E-state index >= 15 is 0 Å². The molecule has 0 saturated carbocycles. The van der Waals surface area contributed by atoms with Crippen LogP contribution < -0.4 is 4.74 Å². The molecule has 36 heavy (non-hydrogen) atoms. The van der Waals surface area contributed by atoms with E-state index in [1.807, 2.05) is 67.6 Å². The molecular weight excluding hydrogens is 456 g/mol. The van der Waals surface area contributed by atoms with Crippen molar-refractivity contribution in [2.24, 2.45) is 5.92 Å². The fraction of sp³-hybridized carbons (Fsp3) is 0.367. The van der Waals surface area contributed by atoms with E-state index in [2.05, 4.69) is 6.92 Å². The lowest BCUT2D eigenvalue weighted by Crippen LogP contribution is -2.61. The topological polar surface area (TPSA) is 74.2 Å². The molecule has 4 rings (SSSR count). The van der Waals surface area contributed by atoms with Crippen molar-refractivity contribution in [3.05, 3.63) is 101 Å². The maximum Gasteiger partial charge on any atom is 0.222 e. The van der Waals surface area contributed by atoms with Crippen LogP contribution in [-0.4, -0.2) is 36.8 Å². The van der Waals surface area contributed by atoms with E-state index in [0.29, 0.717) is 36.2 Å². The first-order chi connectivity index (χ1) is 17.5. The van der Waals surface area contributed by atoms with Crippen LogP contribution in [0, 0.1) is 5.92 Å². The van der Waals surface area contributed by atoms with Crippen LogP contribution in [0.4, 0.5) is 0 Å². The lowest BCUT2D eigenvalue weighted by Gasteiger charge is -2.50. The zero-order valence-corrected chi connectivity index (χ0v) is 21.0. The van der Waals surface area contributed by atoms with Gasteiger partial charge in [-0.15, -0.1) is 0 Å². The van der Waals surface area contributed by atoms with E-state index in [-0.39, 0.29) is 18.6 Å². The molecule has 1 aliphatic rings. The average Bonchev–Trinajstić information content (AvgIpc) is 2.93. The third-order valence-corrected chi connectivity index (χ3v) is 6.85. The lowest BCUT2D eigenvalue weighted by molar-refractivity contribution is -0.361. The Morgan fingerprint density at radius 2 is 1.56 bits per heavy atom. The van der Waals surface area contributed by atoms with Gasteiger partial charge in [0.25, 0.3) is 0 Å². The van der Waals surface area contributed by atoms with Gasteiger partial charge >= 0.3 is 0 Å². The maximum atomic E-state index is 12.2. The van der Waals surface area contributed by atoms with Gasteiger partial charge < -0.3 is 24.1 Å². The van der Waals surface area contributed by atoms with E-state index in [4.69, 9.17) is 18.9 Å². The highest BCUT2D eigenvalue weighted by molar-refractivity contribution is 5.79. The summed E-state index contributed by atoms with van der Waals surface area (Å²) < 4.78 is 24.6. The van der Waals surface area contributed by atoms with Crippen LogP contribution >= 0.6 is 0 Å². The van der Waals surface area contributed by atoms with E-state index in [0.717, 1.165) is 11.1 Å². The Kier molecular flexibility index (Phi) is 8.54. The highest BCUT2D eigenvalue weighted by atomic mass is 16.7. The Bertz CT molecular complexity index is 1120. The van der Waals surface area contributed by atoms with Crippen molar-refractivity contribution in [3.8, 4) is 5.75 Å². The number of methoxy groups -OCH3 is 1. The van der Waals surface area contributed by atoms with Crippen LogP contribution in [0.1, 0.15) is 47.3 Å². The SMILES string of the molecule is CC[C@H]1OC(O)(c2ccc(OC)c(C=O)c2)[C@H](OCc2ccccc2)C(OCc2ccccc2)[C@@H]1C. The van der Waals surface area contributed by atoms with Gasteiger partial charge in [0.2, 0.25) is 5.79 Å². The van der Waals surface area contributed by atoms with Gasteiger partial charge in [-0.2, -0.15) is 0 Å². The maximum absolute atomic E-state index is 12.2. The first-order valence-electron chi connectivity index (χ1n) is 12.3. The Hall–Kier alpha value is -3.03. The first-order valence-corrected chi connectivity index (χ1v) is 12.3. The van der Waals surface area contributed by atoms with Crippen molar-refractivity contribution >= 4 is 6.29 Å². The van der Waals surface area contributed by atoms with Crippen LogP contribution in [0.3, 0.4) is 0 Å². The lowest BCUT2D eigenvalue weighted by atomic mass is 9.82. The van der Waals surface area contributed by atoms with Crippen LogP contribution in [-0.2, 0) is 33.2 Å². The van der Waals surface area contributed by atoms with Crippen LogP contribution in [0.2, 0.25) is 0 Å². The van der Waals surface area contributed by atoms with Crippen LogP contribution in [0.15, 0.2) is 78.9 Å². The predicted octanol–water partition coefficient (Wildman–Crippen LogP) is 5.27. The second kappa shape index (κ2) is 11.8. The molecule has 5 atom stereocenters. The molecular formula is C30H34O6. The number of hydrogen-bond acceptors (Lipinski definition) is 6. The Morgan fingerprint density at radius 3 is 2.11 bits per heavy atom. The number of carbonyl (C=O) groups is 1. The van der Waals surface area contributed by atoms with E-state index < -0.39 is 18.0 Å². The number of ether oxygens (including phenoxy) is 4. The fourth-order valence-electron chi connectivity index (χ4n) is 4.83. The zero-order valence-electron chi connectivity index (χ0n) is 21.0. The van der Waals surface area contributed by atoms with E-state index in [9.17, 15) is 9.90 Å². The molecule has 3 aromatic carbocycles. The second-order valence-electron chi connectivity index (χ2n) is 9.17. The van der Waals surface area contributed by atoms with Gasteiger partial charge in [0.05, 0.1) is 38.1 Å². The zero-order chi connectivity index (χ0) is 25.5. The minimum atomic E-state index is -1.84. The summed E-state index contributed by atoms with van der Waals surface area (Å²) in [5.41, 5.74) is 2.74. The van der Waals surface area contributed by atoms with Crippen molar-refractivity contribution in [1.29, 1.82) is 0 Å². The van der Waals surface area contributed by atoms with Gasteiger partial charge in [0, 0.05) is 11.5 Å². The number of hydrogen-bond donors (Lipinski definition) is 1. The molecule has 6 heteroatoms. The molecule has 0 bridgehead atoms. The Labute approximate surface area is 212 Å². The summed E-state index contributed by atoms with van der Waals surface area (Å²) in [6, 6.07) is 24.7. The van der Waals surface area contributed by atoms with E-state index in [1.54, 1.807) is 18.2 Å². The summed E-state index contributed by atoms with van der Waals surface area (Å²) in [6.45, 7) is 4.72. The molecule has 1 aliphatic heterocycles. The molecule has 3 aromatic rings. The average molecular weight is 491 g/mol. The molecule has 0 amide bonds. The molecule has 1 fully saturated rings. The molecule has 1 saturated heterocycles. The van der Waals surface area contributed by atoms with Gasteiger partial charge in [-0.25, -0.2) is 0 Å². The highest BCUT2D eigenvalue weighted by Gasteiger charge is 2.54. The van der Waals surface area contributed by atoms with Crippen molar-refractivity contribution in [1.82, 2.24) is 0 Å². The van der Waals surface area contributed by atoms with Gasteiger partial charge in [-0.1, -0.05) is 74.5 Å². The molecule has 6 nitrogen and oxygen atoms in total. The number of aldehydes is 1. The molecule has 190 valence electrons. The third kappa shape index (κ3) is 5.52. The summed E-state index contributed by atoms with van der Waals surface area (Å²) in [5.74, 6) is -1.47. The van der Waals surface area contributed by atoms with Gasteiger partial charge in [-0.3, -0.25) is 4.79 Å². The van der Waals surface area contributed by atoms with Crippen LogP contribution in [0.5, 0.6) is 5.75 Å². The molecule has 2 unspecified atom stereocenters. The standard InChI is InChI=1S/C30H34O6/c1-4-26-21(2)28(34-19-22-11-7-5-8-12-22)29(35-20-23-13-9-6-10-14-23)30(32,36-26)25-15-16-27(33-3)24(17-25)18-31/h5-18,21,26,28-29,32H,4,19-20H2,1-3H3/t21-,26-,28?,29-,30?/m1/s1. The molecule has 0 aromatic heterocycles. The third-order valence-electron chi connectivity index (χ3n) is 6.85. The monoisotopic (exact) mass is 490 g/mol. The molecule has 1 N–H and O–H groups in total. The highest BCUT2D eigenvalue weighted by Crippen LogP contribution is 2.43. The molecule has 0 aliphatic carbocycles. The Balaban J connectivity index is 1.73. The summed E-state index contributed by atoms with van der Waals surface area (Å²) in [6.07, 6.45) is -0.227. The van der Waals surface area contributed by atoms with Crippen molar-refractivity contribution in [2.75, 3.05) is 7.11 Å². The summed E-state index contributed by atoms with van der Waals surface area (Å²) in [5, 5.41) is 12.2. The Morgan fingerprint density at radius 1 is 0.944 bits per heavy atom. The first kappa shape index (κ1) is 26.0. The van der Waals surface area contributed by atoms with Gasteiger partial charge in [0.15, 0.2) is 6.29 Å². The number of carbonyl (C=O) groups excluding carboxylic acids is 1. The summed E-state index contributed by atoms with van der Waals surface area (Å²) in [7, 11) is 1.50. The van der Waals surface area contributed by atoms with Gasteiger partial charge in [-0.05, 0) is 35.7 Å². The summed E-state index contributed by atoms with van der Waals surface area (Å²) in [4.78, 5) is 11.8. The summed E-state index contributed by atoms with van der Waals surface area (Å²) >= 11 is 0. The molecule has 0 radical (unpaired) electrons. The fourth-order valence-corrected chi connectivity index (χ4v) is 4.83. The molecule has 1 heterocycles. The predicted molar refractivity (Wildman–Crippen MR) is 137 cm³/mol. The quantitative estimate of drug-likeness (QED) is 0.391. The van der Waals surface area contributed by atoms with Crippen molar-refractivity contribution < 1.29 is 28.8 Å². The van der Waals surface area contributed by atoms with Crippen molar-refractivity contribution in [3.63, 3.8) is 0 Å². The smallest absolute Gasteiger partial charge is 0.222 e. The minimum Gasteiger partial charge on any atom is -0.496 e. The second-order valence-corrected chi connectivity index (χ2v) is 9.17. The minimum absolute atomic E-state index is 0.0523. The molecule has 0 spiro atoms. The van der Waals surface area contributed by atoms with Crippen molar-refractivity contribution in [2.45, 2.75) is 57.6 Å². The largest absolute Gasteiger partial charge is 0.496 e. The number of benzene rings is 3. The number of rotatable bonds is 10. The van der Waals surface area contributed by atoms with E-state index in [1.165, 1.54) is 7.11 Å². The normalized spacial score (nSPS) is 25.9.